The summed E-state index contributed by atoms with van der Waals surface area (Å²) in [5, 5.41) is 0. The molecule has 1 aliphatic heterocycles. The molecule has 1 atom stereocenters. The molecular weight excluding hydrogens is 308 g/mol. The standard InChI is InChI=1S/C14H18N2O5S/c1-21-14(18)10-5-4-6-11(9-10)22(19,20)16-8-3-2-7-12(16)13(15)17/h4-6,9,12H,2-3,7-8H2,1H3,(H2,15,17). The summed E-state index contributed by atoms with van der Waals surface area (Å²) in [6, 6.07) is 4.71. The van der Waals surface area contributed by atoms with Crippen molar-refractivity contribution in [1.82, 2.24) is 4.31 Å². The van der Waals surface area contributed by atoms with Crippen LogP contribution in [0.1, 0.15) is 29.6 Å². The van der Waals surface area contributed by atoms with Crippen LogP contribution in [-0.2, 0) is 19.6 Å². The molecule has 120 valence electrons. The normalized spacial score (nSPS) is 19.6. The molecule has 0 aliphatic carbocycles. The van der Waals surface area contributed by atoms with Crippen LogP contribution in [0.25, 0.3) is 0 Å². The van der Waals surface area contributed by atoms with Crippen molar-refractivity contribution in [3.05, 3.63) is 29.8 Å². The third kappa shape index (κ3) is 3.12. The maximum absolute atomic E-state index is 12.7. The predicted molar refractivity (Wildman–Crippen MR) is 78.5 cm³/mol. The molecule has 1 fully saturated rings. The number of amides is 1. The smallest absolute Gasteiger partial charge is 0.337 e. The van der Waals surface area contributed by atoms with E-state index in [1.165, 1.54) is 31.4 Å². The van der Waals surface area contributed by atoms with Crippen molar-refractivity contribution in [2.45, 2.75) is 30.2 Å². The first kappa shape index (κ1) is 16.4. The Kier molecular flexibility index (Phi) is 4.82. The lowest BCUT2D eigenvalue weighted by Crippen LogP contribution is -2.50. The molecule has 1 aliphatic rings. The number of rotatable bonds is 4. The molecule has 1 unspecified atom stereocenters. The lowest BCUT2D eigenvalue weighted by Gasteiger charge is -2.32. The van der Waals surface area contributed by atoms with Gasteiger partial charge in [0, 0.05) is 6.54 Å². The van der Waals surface area contributed by atoms with Crippen molar-refractivity contribution in [3.8, 4) is 0 Å². The van der Waals surface area contributed by atoms with Crippen LogP contribution in [-0.4, -0.2) is 44.3 Å². The number of benzene rings is 1. The number of sulfonamides is 1. The maximum Gasteiger partial charge on any atom is 0.337 e. The van der Waals surface area contributed by atoms with E-state index < -0.39 is 27.9 Å². The van der Waals surface area contributed by atoms with E-state index >= 15 is 0 Å². The van der Waals surface area contributed by atoms with E-state index in [1.54, 1.807) is 0 Å². The van der Waals surface area contributed by atoms with Crippen LogP contribution < -0.4 is 5.73 Å². The lowest BCUT2D eigenvalue weighted by molar-refractivity contribution is -0.122. The van der Waals surface area contributed by atoms with Gasteiger partial charge in [0.15, 0.2) is 0 Å². The van der Waals surface area contributed by atoms with E-state index in [0.29, 0.717) is 12.8 Å². The van der Waals surface area contributed by atoms with Crippen molar-refractivity contribution in [3.63, 3.8) is 0 Å². The number of hydrogen-bond donors (Lipinski definition) is 1. The molecular formula is C14H18N2O5S. The zero-order valence-corrected chi connectivity index (χ0v) is 13.0. The number of methoxy groups -OCH3 is 1. The summed E-state index contributed by atoms with van der Waals surface area (Å²) < 4.78 is 31.2. The average Bonchev–Trinajstić information content (AvgIpc) is 2.54. The lowest BCUT2D eigenvalue weighted by atomic mass is 10.0. The molecule has 1 amide bonds. The minimum Gasteiger partial charge on any atom is -0.465 e. The third-order valence-electron chi connectivity index (χ3n) is 3.64. The largest absolute Gasteiger partial charge is 0.465 e. The molecule has 2 N–H and O–H groups in total. The average molecular weight is 326 g/mol. The Labute approximate surface area is 129 Å². The Hall–Kier alpha value is -1.93. The quantitative estimate of drug-likeness (QED) is 0.811. The highest BCUT2D eigenvalue weighted by Crippen LogP contribution is 2.25. The van der Waals surface area contributed by atoms with Crippen molar-refractivity contribution in [1.29, 1.82) is 0 Å². The summed E-state index contributed by atoms with van der Waals surface area (Å²) >= 11 is 0. The number of hydrogen-bond acceptors (Lipinski definition) is 5. The van der Waals surface area contributed by atoms with Crippen LogP contribution in [0.3, 0.4) is 0 Å². The highest BCUT2D eigenvalue weighted by Gasteiger charge is 2.36. The van der Waals surface area contributed by atoms with E-state index in [2.05, 4.69) is 4.74 Å². The Bertz CT molecular complexity index is 686. The van der Waals surface area contributed by atoms with Gasteiger partial charge in [-0.05, 0) is 31.0 Å². The maximum atomic E-state index is 12.7. The van der Waals surface area contributed by atoms with Gasteiger partial charge < -0.3 is 10.5 Å². The van der Waals surface area contributed by atoms with E-state index in [0.717, 1.165) is 10.7 Å². The fourth-order valence-electron chi connectivity index (χ4n) is 2.51. The fraction of sp³-hybridized carbons (Fsp3) is 0.429. The first-order valence-corrected chi connectivity index (χ1v) is 8.31. The molecule has 8 heteroatoms. The summed E-state index contributed by atoms with van der Waals surface area (Å²) in [5.74, 6) is -1.28. The van der Waals surface area contributed by atoms with Gasteiger partial charge in [-0.25, -0.2) is 13.2 Å². The summed E-state index contributed by atoms with van der Waals surface area (Å²) in [5.41, 5.74) is 5.45. The number of piperidine rings is 1. The molecule has 22 heavy (non-hydrogen) atoms. The van der Waals surface area contributed by atoms with Crippen LogP contribution in [0.15, 0.2) is 29.2 Å². The molecule has 1 saturated heterocycles. The second-order valence-electron chi connectivity index (χ2n) is 5.05. The summed E-state index contributed by atoms with van der Waals surface area (Å²) in [4.78, 5) is 23.0. The summed E-state index contributed by atoms with van der Waals surface area (Å²) in [6.07, 6.45) is 1.83. The molecule has 0 radical (unpaired) electrons. The van der Waals surface area contributed by atoms with Crippen molar-refractivity contribution in [2.75, 3.05) is 13.7 Å². The molecule has 1 aromatic rings. The van der Waals surface area contributed by atoms with Gasteiger partial charge in [-0.3, -0.25) is 4.79 Å². The Balaban J connectivity index is 2.41. The monoisotopic (exact) mass is 326 g/mol. The predicted octanol–water partition coefficient (Wildman–Crippen LogP) is 0.502. The number of nitrogens with zero attached hydrogens (tertiary/aromatic N) is 1. The zero-order chi connectivity index (χ0) is 16.3. The fourth-order valence-corrected chi connectivity index (χ4v) is 4.22. The van der Waals surface area contributed by atoms with Crippen molar-refractivity contribution in [2.24, 2.45) is 5.73 Å². The van der Waals surface area contributed by atoms with Crippen LogP contribution >= 0.6 is 0 Å². The van der Waals surface area contributed by atoms with Gasteiger partial charge in [0.2, 0.25) is 15.9 Å². The first-order chi connectivity index (χ1) is 10.4. The number of nitrogens with two attached hydrogens (primary N) is 1. The van der Waals surface area contributed by atoms with E-state index in [-0.39, 0.29) is 17.0 Å². The van der Waals surface area contributed by atoms with E-state index in [9.17, 15) is 18.0 Å². The molecule has 1 aromatic carbocycles. The number of ether oxygens (including phenoxy) is 1. The Morgan fingerprint density at radius 2 is 2.05 bits per heavy atom. The van der Waals surface area contributed by atoms with Crippen molar-refractivity contribution >= 4 is 21.9 Å². The van der Waals surface area contributed by atoms with Crippen LogP contribution in [0.2, 0.25) is 0 Å². The summed E-state index contributed by atoms with van der Waals surface area (Å²) in [6.45, 7) is 0.235. The van der Waals surface area contributed by atoms with Gasteiger partial charge in [0.25, 0.3) is 0 Å². The van der Waals surface area contributed by atoms with Gasteiger partial charge in [0.05, 0.1) is 17.6 Å². The minimum atomic E-state index is -3.90. The van der Waals surface area contributed by atoms with E-state index in [1.807, 2.05) is 0 Å². The first-order valence-electron chi connectivity index (χ1n) is 6.87. The van der Waals surface area contributed by atoms with Crippen molar-refractivity contribution < 1.29 is 22.7 Å². The van der Waals surface area contributed by atoms with Crippen LogP contribution in [0.4, 0.5) is 0 Å². The van der Waals surface area contributed by atoms with Gasteiger partial charge in [-0.1, -0.05) is 12.5 Å². The zero-order valence-electron chi connectivity index (χ0n) is 12.2. The molecule has 1 heterocycles. The second-order valence-corrected chi connectivity index (χ2v) is 6.94. The van der Waals surface area contributed by atoms with Crippen LogP contribution in [0.5, 0.6) is 0 Å². The van der Waals surface area contributed by atoms with E-state index in [4.69, 9.17) is 5.73 Å². The second kappa shape index (κ2) is 6.45. The SMILES string of the molecule is COC(=O)c1cccc(S(=O)(=O)N2CCCCC2C(N)=O)c1. The highest BCUT2D eigenvalue weighted by atomic mass is 32.2. The van der Waals surface area contributed by atoms with Gasteiger partial charge in [-0.2, -0.15) is 4.31 Å². The Morgan fingerprint density at radius 3 is 2.68 bits per heavy atom. The number of carbonyl (C=O) groups is 2. The summed E-state index contributed by atoms with van der Waals surface area (Å²) in [7, 11) is -2.68. The molecule has 7 nitrogen and oxygen atoms in total. The number of esters is 1. The molecule has 0 saturated carbocycles. The molecule has 0 aromatic heterocycles. The molecule has 2 rings (SSSR count). The Morgan fingerprint density at radius 1 is 1.32 bits per heavy atom. The topological polar surface area (TPSA) is 107 Å². The van der Waals surface area contributed by atoms with Crippen LogP contribution in [0, 0.1) is 0 Å². The van der Waals surface area contributed by atoms with Gasteiger partial charge in [0.1, 0.15) is 6.04 Å². The van der Waals surface area contributed by atoms with Gasteiger partial charge >= 0.3 is 5.97 Å². The number of carbonyl (C=O) groups excluding carboxylic acids is 2. The molecule has 0 bridgehead atoms. The third-order valence-corrected chi connectivity index (χ3v) is 5.55. The highest BCUT2D eigenvalue weighted by molar-refractivity contribution is 7.89. The minimum absolute atomic E-state index is 0.0523. The number of primary amides is 1. The van der Waals surface area contributed by atoms with Gasteiger partial charge in [-0.15, -0.1) is 0 Å². The molecule has 0 spiro atoms.